The van der Waals surface area contributed by atoms with Crippen molar-refractivity contribution >= 4 is 17.5 Å². The van der Waals surface area contributed by atoms with Crippen LogP contribution in [0.1, 0.15) is 25.3 Å². The van der Waals surface area contributed by atoms with E-state index in [1.165, 1.54) is 6.92 Å². The third kappa shape index (κ3) is 6.52. The van der Waals surface area contributed by atoms with Crippen LogP contribution in [0.25, 0.3) is 0 Å². The lowest BCUT2D eigenvalue weighted by Crippen LogP contribution is -2.22. The second-order valence-electron chi connectivity index (χ2n) is 5.43. The zero-order chi connectivity index (χ0) is 17.2. The second-order valence-corrected chi connectivity index (χ2v) is 5.43. The van der Waals surface area contributed by atoms with E-state index in [1.54, 1.807) is 0 Å². The molecule has 2 aromatic rings. The molecule has 0 aromatic heterocycles. The number of anilines is 1. The van der Waals surface area contributed by atoms with Gasteiger partial charge in [0.1, 0.15) is 12.4 Å². The second kappa shape index (κ2) is 9.35. The lowest BCUT2D eigenvalue weighted by Gasteiger charge is -2.08. The molecule has 0 saturated heterocycles. The lowest BCUT2D eigenvalue weighted by molar-refractivity contribution is -0.119. The van der Waals surface area contributed by atoms with Crippen molar-refractivity contribution in [1.82, 2.24) is 5.32 Å². The van der Waals surface area contributed by atoms with Gasteiger partial charge in [-0.3, -0.25) is 9.59 Å². The van der Waals surface area contributed by atoms with Crippen LogP contribution in [0.3, 0.4) is 0 Å². The number of carbonyl (C=O) groups excluding carboxylic acids is 2. The molecule has 2 rings (SSSR count). The molecule has 0 radical (unpaired) electrons. The maximum atomic E-state index is 11.8. The van der Waals surface area contributed by atoms with E-state index in [1.807, 2.05) is 54.6 Å². The largest absolute Gasteiger partial charge is 0.489 e. The highest BCUT2D eigenvalue weighted by Crippen LogP contribution is 2.17. The molecule has 2 N–H and O–H groups in total. The summed E-state index contributed by atoms with van der Waals surface area (Å²) >= 11 is 0. The molecule has 0 atom stereocenters. The summed E-state index contributed by atoms with van der Waals surface area (Å²) in [5, 5.41) is 5.49. The van der Waals surface area contributed by atoms with Crippen molar-refractivity contribution in [3.8, 4) is 5.75 Å². The molecule has 0 bridgehead atoms. The maximum absolute atomic E-state index is 11.8. The van der Waals surface area contributed by atoms with Gasteiger partial charge in [-0.25, -0.2) is 0 Å². The van der Waals surface area contributed by atoms with E-state index in [2.05, 4.69) is 10.6 Å². The molecular formula is C19H22N2O3. The van der Waals surface area contributed by atoms with Gasteiger partial charge in [0.05, 0.1) is 0 Å². The third-order valence-corrected chi connectivity index (χ3v) is 3.34. The van der Waals surface area contributed by atoms with E-state index < -0.39 is 0 Å². The highest BCUT2D eigenvalue weighted by Gasteiger charge is 2.03. The van der Waals surface area contributed by atoms with Crippen molar-refractivity contribution in [1.29, 1.82) is 0 Å². The number of nitrogens with one attached hydrogen (secondary N) is 2. The average molecular weight is 326 g/mol. The van der Waals surface area contributed by atoms with Crippen molar-refractivity contribution in [3.63, 3.8) is 0 Å². The van der Waals surface area contributed by atoms with Crippen LogP contribution in [0.2, 0.25) is 0 Å². The molecule has 0 aliphatic carbocycles. The summed E-state index contributed by atoms with van der Waals surface area (Å²) in [6, 6.07) is 17.2. The van der Waals surface area contributed by atoms with Crippen molar-refractivity contribution in [2.24, 2.45) is 0 Å². The predicted octanol–water partition coefficient (Wildman–Crippen LogP) is 3.12. The Hall–Kier alpha value is -2.82. The molecule has 5 heteroatoms. The molecule has 0 fully saturated rings. The van der Waals surface area contributed by atoms with Crippen LogP contribution in [0.4, 0.5) is 5.69 Å². The van der Waals surface area contributed by atoms with Crippen LogP contribution in [-0.4, -0.2) is 18.4 Å². The molecule has 2 aromatic carbocycles. The maximum Gasteiger partial charge on any atom is 0.224 e. The number of carbonyl (C=O) groups is 2. The van der Waals surface area contributed by atoms with Crippen LogP contribution < -0.4 is 15.4 Å². The van der Waals surface area contributed by atoms with Gasteiger partial charge in [0.2, 0.25) is 11.8 Å². The number of rotatable bonds is 8. The van der Waals surface area contributed by atoms with E-state index >= 15 is 0 Å². The Morgan fingerprint density at radius 1 is 1.00 bits per heavy atom. The summed E-state index contributed by atoms with van der Waals surface area (Å²) in [4.78, 5) is 22.5. The first-order valence-corrected chi connectivity index (χ1v) is 7.94. The van der Waals surface area contributed by atoms with Crippen LogP contribution in [0.5, 0.6) is 5.75 Å². The molecule has 0 aliphatic heterocycles. The van der Waals surface area contributed by atoms with Crippen molar-refractivity contribution in [3.05, 3.63) is 60.2 Å². The topological polar surface area (TPSA) is 67.4 Å². The van der Waals surface area contributed by atoms with E-state index in [0.29, 0.717) is 26.0 Å². The van der Waals surface area contributed by atoms with E-state index in [0.717, 1.165) is 17.0 Å². The minimum atomic E-state index is -0.0819. The average Bonchev–Trinajstić information content (AvgIpc) is 2.59. The zero-order valence-electron chi connectivity index (χ0n) is 13.7. The molecule has 5 nitrogen and oxygen atoms in total. The fourth-order valence-corrected chi connectivity index (χ4v) is 2.11. The van der Waals surface area contributed by atoms with E-state index in [4.69, 9.17) is 4.74 Å². The molecule has 24 heavy (non-hydrogen) atoms. The van der Waals surface area contributed by atoms with Crippen LogP contribution >= 0.6 is 0 Å². The van der Waals surface area contributed by atoms with Crippen molar-refractivity contribution in [2.75, 3.05) is 11.9 Å². The van der Waals surface area contributed by atoms with Gasteiger partial charge in [0.25, 0.3) is 0 Å². The van der Waals surface area contributed by atoms with Gasteiger partial charge in [0, 0.05) is 25.6 Å². The van der Waals surface area contributed by atoms with Gasteiger partial charge in [-0.05, 0) is 36.2 Å². The van der Waals surface area contributed by atoms with Gasteiger partial charge < -0.3 is 15.4 Å². The lowest BCUT2D eigenvalue weighted by atomic mass is 10.2. The fourth-order valence-electron chi connectivity index (χ4n) is 2.11. The van der Waals surface area contributed by atoms with Crippen LogP contribution in [-0.2, 0) is 16.2 Å². The first-order valence-electron chi connectivity index (χ1n) is 7.94. The molecule has 0 saturated carbocycles. The predicted molar refractivity (Wildman–Crippen MR) is 93.8 cm³/mol. The monoisotopic (exact) mass is 326 g/mol. The standard InChI is InChI=1S/C19H22N2O3/c1-15(22)20-13-5-8-19(23)21-17-9-11-18(12-10-17)24-14-16-6-3-2-4-7-16/h2-4,6-7,9-12H,5,8,13-14H2,1H3,(H,20,22)(H,21,23). The molecule has 0 unspecified atom stereocenters. The summed E-state index contributed by atoms with van der Waals surface area (Å²) in [5.74, 6) is 0.599. The number of benzene rings is 2. The molecule has 0 aliphatic rings. The number of hydrogen-bond acceptors (Lipinski definition) is 3. The zero-order valence-corrected chi connectivity index (χ0v) is 13.7. The summed E-state index contributed by atoms with van der Waals surface area (Å²) in [5.41, 5.74) is 1.83. The van der Waals surface area contributed by atoms with E-state index in [9.17, 15) is 9.59 Å². The summed E-state index contributed by atoms with van der Waals surface area (Å²) < 4.78 is 5.70. The molecule has 2 amide bonds. The minimum absolute atomic E-state index is 0.0710. The van der Waals surface area contributed by atoms with Gasteiger partial charge in [-0.1, -0.05) is 30.3 Å². The third-order valence-electron chi connectivity index (χ3n) is 3.34. The Kier molecular flexibility index (Phi) is 6.83. The Morgan fingerprint density at radius 2 is 1.71 bits per heavy atom. The quantitative estimate of drug-likeness (QED) is 0.732. The smallest absolute Gasteiger partial charge is 0.224 e. The van der Waals surface area contributed by atoms with E-state index in [-0.39, 0.29) is 11.8 Å². The Balaban J connectivity index is 1.73. The molecule has 126 valence electrons. The first-order chi connectivity index (χ1) is 11.6. The normalized spacial score (nSPS) is 10.0. The van der Waals surface area contributed by atoms with Crippen molar-refractivity contribution in [2.45, 2.75) is 26.4 Å². The fraction of sp³-hybridized carbons (Fsp3) is 0.263. The Morgan fingerprint density at radius 3 is 2.38 bits per heavy atom. The van der Waals surface area contributed by atoms with Crippen LogP contribution in [0.15, 0.2) is 54.6 Å². The Bertz CT molecular complexity index is 654. The van der Waals surface area contributed by atoms with Gasteiger partial charge in [-0.15, -0.1) is 0 Å². The molecule has 0 heterocycles. The molecule has 0 spiro atoms. The first kappa shape index (κ1) is 17.5. The summed E-state index contributed by atoms with van der Waals surface area (Å²) in [7, 11) is 0. The number of amides is 2. The van der Waals surface area contributed by atoms with Gasteiger partial charge in [0.15, 0.2) is 0 Å². The van der Waals surface area contributed by atoms with Gasteiger partial charge in [-0.2, -0.15) is 0 Å². The highest BCUT2D eigenvalue weighted by atomic mass is 16.5. The number of ether oxygens (including phenoxy) is 1. The molecular weight excluding hydrogens is 304 g/mol. The van der Waals surface area contributed by atoms with Crippen LogP contribution in [0, 0.1) is 0 Å². The van der Waals surface area contributed by atoms with Crippen molar-refractivity contribution < 1.29 is 14.3 Å². The highest BCUT2D eigenvalue weighted by molar-refractivity contribution is 5.90. The van der Waals surface area contributed by atoms with Gasteiger partial charge >= 0.3 is 0 Å². The minimum Gasteiger partial charge on any atom is -0.489 e. The summed E-state index contributed by atoms with van der Waals surface area (Å²) in [6.45, 7) is 2.48. The summed E-state index contributed by atoms with van der Waals surface area (Å²) in [6.07, 6.45) is 0.982. The number of hydrogen-bond donors (Lipinski definition) is 2. The SMILES string of the molecule is CC(=O)NCCCC(=O)Nc1ccc(OCc2ccccc2)cc1. The Labute approximate surface area is 142 Å².